The van der Waals surface area contributed by atoms with Gasteiger partial charge in [-0.05, 0) is 81.2 Å². The third kappa shape index (κ3) is 6.64. The van der Waals surface area contributed by atoms with E-state index in [1.54, 1.807) is 0 Å². The Morgan fingerprint density at radius 3 is 2.08 bits per heavy atom. The van der Waals surface area contributed by atoms with E-state index in [-0.39, 0.29) is 47.9 Å². The molecule has 7 rings (SSSR count). The predicted molar refractivity (Wildman–Crippen MR) is 197 cm³/mol. The fourth-order valence-corrected chi connectivity index (χ4v) is 18.2. The van der Waals surface area contributed by atoms with Crippen molar-refractivity contribution in [1.29, 1.82) is 0 Å². The van der Waals surface area contributed by atoms with Gasteiger partial charge in [-0.25, -0.2) is 22.0 Å². The number of benzene rings is 1. The Hall–Kier alpha value is -2.55. The molecule has 11 unspecified atom stereocenters. The summed E-state index contributed by atoms with van der Waals surface area (Å²) in [5.74, 6) is -7.52. The van der Waals surface area contributed by atoms with Crippen molar-refractivity contribution in [3.8, 4) is 0 Å². The first-order valence-electron chi connectivity index (χ1n) is 19.3. The summed E-state index contributed by atoms with van der Waals surface area (Å²) < 4.78 is 80.0. The minimum absolute atomic E-state index is 0.0849. The molecule has 2 nitrogen and oxygen atoms in total. The van der Waals surface area contributed by atoms with Crippen molar-refractivity contribution >= 4 is 8.07 Å². The summed E-state index contributed by atoms with van der Waals surface area (Å²) in [4.78, 5) is 2.11. The quantitative estimate of drug-likeness (QED) is 0.0741. The largest absolute Gasteiger partial charge is 0.376 e. The van der Waals surface area contributed by atoms with Crippen LogP contribution in [0.2, 0.25) is 23.7 Å². The third-order valence-electron chi connectivity index (χ3n) is 13.4. The molecular formula is C43H54F5NOSi. The van der Waals surface area contributed by atoms with Crippen molar-refractivity contribution in [3.63, 3.8) is 0 Å². The van der Waals surface area contributed by atoms with E-state index in [2.05, 4.69) is 106 Å². The van der Waals surface area contributed by atoms with Crippen LogP contribution in [-0.2, 0) is 11.3 Å². The highest BCUT2D eigenvalue weighted by atomic mass is 28.3. The summed E-state index contributed by atoms with van der Waals surface area (Å²) in [7, 11) is -2.15. The topological polar surface area (TPSA) is 12.5 Å². The summed E-state index contributed by atoms with van der Waals surface area (Å²) in [5.41, 5.74) is 1.33. The standard InChI is InChI=1S/C43H54F5NOSi/c1-26-18-20-33-31(24-26)35-41(49(33)25-32-36(44)38(46)40(48)39(47)37(32)45)29-16-10-11-17-30(29)42(35)51(5,23-13-7-6-12-22-50-43(2,3)4)34-21-19-27-14-8-9-15-28(27)34/h8-11,14-18,20,24,27-31,33-35,41-42H,6-7,12-13,19,21-23,25H2,1-5H3. The lowest BCUT2D eigenvalue weighted by Crippen LogP contribution is -2.48. The fraction of sp³-hybridized carbons (Fsp3) is 0.581. The third-order valence-corrected chi connectivity index (χ3v) is 19.5. The first-order valence-corrected chi connectivity index (χ1v) is 22.1. The highest BCUT2D eigenvalue weighted by Gasteiger charge is 2.66. The molecule has 1 aromatic rings. The molecule has 0 spiro atoms. The van der Waals surface area contributed by atoms with Crippen LogP contribution in [0, 0.1) is 64.6 Å². The van der Waals surface area contributed by atoms with Gasteiger partial charge in [-0.2, -0.15) is 0 Å². The molecule has 2 saturated carbocycles. The molecule has 6 aliphatic rings. The number of nitrogens with zero attached hydrogens (tertiary/aromatic N) is 1. The summed E-state index contributed by atoms with van der Waals surface area (Å²) >= 11 is 0. The van der Waals surface area contributed by atoms with E-state index in [0.29, 0.717) is 22.9 Å². The van der Waals surface area contributed by atoms with Gasteiger partial charge in [0.05, 0.1) is 13.7 Å². The minimum Gasteiger partial charge on any atom is -0.376 e. The molecule has 0 radical (unpaired) electrons. The van der Waals surface area contributed by atoms with Crippen LogP contribution in [0.25, 0.3) is 0 Å². The Balaban J connectivity index is 1.26. The molecule has 5 aliphatic carbocycles. The Morgan fingerprint density at radius 2 is 1.37 bits per heavy atom. The number of fused-ring (bicyclic) bond motifs is 6. The average Bonchev–Trinajstić information content (AvgIpc) is 3.78. The second kappa shape index (κ2) is 14.4. The van der Waals surface area contributed by atoms with Crippen molar-refractivity contribution in [1.82, 2.24) is 4.90 Å². The zero-order chi connectivity index (χ0) is 36.2. The van der Waals surface area contributed by atoms with Crippen molar-refractivity contribution in [2.24, 2.45) is 35.5 Å². The van der Waals surface area contributed by atoms with Gasteiger partial charge in [0.25, 0.3) is 0 Å². The van der Waals surface area contributed by atoms with E-state index >= 15 is 8.78 Å². The maximum absolute atomic E-state index is 15.3. The van der Waals surface area contributed by atoms with Crippen molar-refractivity contribution in [2.45, 2.75) is 114 Å². The van der Waals surface area contributed by atoms with Crippen LogP contribution in [0.4, 0.5) is 22.0 Å². The lowest BCUT2D eigenvalue weighted by atomic mass is 9.82. The predicted octanol–water partition coefficient (Wildman–Crippen LogP) is 11.4. The number of hydrogen-bond donors (Lipinski definition) is 0. The van der Waals surface area contributed by atoms with Gasteiger partial charge in [0.2, 0.25) is 5.82 Å². The molecule has 11 atom stereocenters. The van der Waals surface area contributed by atoms with Gasteiger partial charge in [-0.15, -0.1) is 0 Å². The molecule has 3 fully saturated rings. The van der Waals surface area contributed by atoms with E-state index in [9.17, 15) is 13.2 Å². The van der Waals surface area contributed by atoms with Crippen LogP contribution in [0.15, 0.2) is 72.4 Å². The average molecular weight is 724 g/mol. The highest BCUT2D eigenvalue weighted by molar-refractivity contribution is 6.81. The van der Waals surface area contributed by atoms with Crippen LogP contribution in [0.5, 0.6) is 0 Å². The molecule has 1 aliphatic heterocycles. The van der Waals surface area contributed by atoms with Crippen molar-refractivity contribution < 1.29 is 26.7 Å². The van der Waals surface area contributed by atoms with Gasteiger partial charge >= 0.3 is 0 Å². The molecule has 1 saturated heterocycles. The molecule has 51 heavy (non-hydrogen) atoms. The zero-order valence-corrected chi connectivity index (χ0v) is 31.7. The van der Waals surface area contributed by atoms with Crippen LogP contribution in [-0.4, -0.2) is 37.3 Å². The Bertz CT molecular complexity index is 1640. The monoisotopic (exact) mass is 723 g/mol. The Kier molecular flexibility index (Phi) is 10.4. The lowest BCUT2D eigenvalue weighted by molar-refractivity contribution is -0.00471. The van der Waals surface area contributed by atoms with E-state index in [1.165, 1.54) is 25.3 Å². The van der Waals surface area contributed by atoms with Crippen LogP contribution in [0.1, 0.15) is 71.8 Å². The van der Waals surface area contributed by atoms with E-state index < -0.39 is 42.7 Å². The normalized spacial score (nSPS) is 34.7. The SMILES string of the molecule is CC1=CC2C3C(C4C=CC=CC4C3[Si](C)(CCCCCCOC(C)(C)C)C3CCC4C=CC=CC43)N(Cc3c(F)c(F)c(F)c(F)c3F)C2C=C1. The highest BCUT2D eigenvalue weighted by Crippen LogP contribution is 2.67. The van der Waals surface area contributed by atoms with Gasteiger partial charge < -0.3 is 4.74 Å². The smallest absolute Gasteiger partial charge is 0.200 e. The second-order valence-corrected chi connectivity index (χ2v) is 22.3. The zero-order valence-electron chi connectivity index (χ0n) is 30.7. The Labute approximate surface area is 302 Å². The van der Waals surface area contributed by atoms with Gasteiger partial charge in [0, 0.05) is 36.7 Å². The van der Waals surface area contributed by atoms with E-state index in [4.69, 9.17) is 4.74 Å². The molecule has 1 aromatic carbocycles. The molecule has 0 N–H and O–H groups in total. The number of allylic oxidation sites excluding steroid dienone is 9. The fourth-order valence-electron chi connectivity index (χ4n) is 11.4. The molecule has 0 bridgehead atoms. The number of halogens is 5. The molecule has 0 amide bonds. The number of ether oxygens (including phenoxy) is 1. The second-order valence-electron chi connectivity index (χ2n) is 17.4. The van der Waals surface area contributed by atoms with Crippen molar-refractivity contribution in [3.05, 3.63) is 107 Å². The van der Waals surface area contributed by atoms with Gasteiger partial charge in [-0.1, -0.05) is 111 Å². The van der Waals surface area contributed by atoms with Gasteiger partial charge in [0.15, 0.2) is 23.3 Å². The van der Waals surface area contributed by atoms with E-state index in [1.807, 2.05) is 0 Å². The van der Waals surface area contributed by atoms with Crippen LogP contribution < -0.4 is 0 Å². The molecule has 0 aromatic heterocycles. The van der Waals surface area contributed by atoms with Gasteiger partial charge in [-0.3, -0.25) is 4.90 Å². The summed E-state index contributed by atoms with van der Waals surface area (Å²) in [6.45, 7) is 11.5. The molecule has 8 heteroatoms. The molecule has 276 valence electrons. The number of rotatable bonds is 11. The van der Waals surface area contributed by atoms with Crippen molar-refractivity contribution in [2.75, 3.05) is 6.61 Å². The van der Waals surface area contributed by atoms with E-state index in [0.717, 1.165) is 31.4 Å². The van der Waals surface area contributed by atoms with Crippen LogP contribution >= 0.6 is 0 Å². The molecular weight excluding hydrogens is 670 g/mol. The van der Waals surface area contributed by atoms with Gasteiger partial charge in [0.1, 0.15) is 0 Å². The molecule has 1 heterocycles. The first kappa shape index (κ1) is 36.8. The number of likely N-dealkylation sites (tertiary alicyclic amines) is 1. The first-order chi connectivity index (χ1) is 24.3. The summed E-state index contributed by atoms with van der Waals surface area (Å²) in [6.07, 6.45) is 31.7. The summed E-state index contributed by atoms with van der Waals surface area (Å²) in [6, 6.07) is 0.954. The maximum atomic E-state index is 15.3. The maximum Gasteiger partial charge on any atom is 0.200 e. The minimum atomic E-state index is -2.15. The number of unbranched alkanes of at least 4 members (excludes halogenated alkanes) is 3. The Morgan fingerprint density at radius 1 is 0.745 bits per heavy atom. The number of hydrogen-bond acceptors (Lipinski definition) is 2. The lowest BCUT2D eigenvalue weighted by Gasteiger charge is -2.48. The van der Waals surface area contributed by atoms with Crippen LogP contribution in [0.3, 0.4) is 0 Å². The summed E-state index contributed by atoms with van der Waals surface area (Å²) in [5, 5.41) is 0.